The lowest BCUT2D eigenvalue weighted by Gasteiger charge is -2.32. The minimum atomic E-state index is -0.777. The average molecular weight is 356 g/mol. The summed E-state index contributed by atoms with van der Waals surface area (Å²) in [5.74, 6) is -0.583. The van der Waals surface area contributed by atoms with E-state index in [2.05, 4.69) is 15.9 Å². The standard InChI is InChI=1S/C15H18BrNO4/c1-10(21-13-4-2-3-12(16)9-13)14(18)17-7-5-11(6-8-17)15(19)20/h2-4,9-11H,5-8H2,1H3,(H,19,20)/t10-/m1/s1. The van der Waals surface area contributed by atoms with Gasteiger partial charge in [0.05, 0.1) is 5.92 Å². The fraction of sp³-hybridized carbons (Fsp3) is 0.467. The van der Waals surface area contributed by atoms with Crippen molar-refractivity contribution in [3.05, 3.63) is 28.7 Å². The molecule has 0 aliphatic carbocycles. The third-order valence-corrected chi connectivity index (χ3v) is 4.11. The molecular weight excluding hydrogens is 338 g/mol. The molecule has 1 aliphatic rings. The summed E-state index contributed by atoms with van der Waals surface area (Å²) >= 11 is 3.35. The highest BCUT2D eigenvalue weighted by Gasteiger charge is 2.29. The summed E-state index contributed by atoms with van der Waals surface area (Å²) in [7, 11) is 0. The van der Waals surface area contributed by atoms with E-state index < -0.39 is 12.1 Å². The number of ether oxygens (including phenoxy) is 1. The van der Waals surface area contributed by atoms with Gasteiger partial charge >= 0.3 is 5.97 Å². The zero-order chi connectivity index (χ0) is 15.4. The predicted molar refractivity (Wildman–Crippen MR) is 81.2 cm³/mol. The molecule has 1 saturated heterocycles. The summed E-state index contributed by atoms with van der Waals surface area (Å²) in [6.07, 6.45) is 0.427. The number of nitrogens with zero attached hydrogens (tertiary/aromatic N) is 1. The van der Waals surface area contributed by atoms with E-state index in [0.29, 0.717) is 31.7 Å². The molecule has 1 atom stereocenters. The van der Waals surface area contributed by atoms with Crippen molar-refractivity contribution < 1.29 is 19.4 Å². The first kappa shape index (κ1) is 15.8. The van der Waals surface area contributed by atoms with Crippen molar-refractivity contribution in [3.8, 4) is 5.75 Å². The first-order valence-corrected chi connectivity index (χ1v) is 7.70. The van der Waals surface area contributed by atoms with Gasteiger partial charge in [-0.1, -0.05) is 22.0 Å². The minimum absolute atomic E-state index is 0.0983. The maximum Gasteiger partial charge on any atom is 0.306 e. The van der Waals surface area contributed by atoms with Crippen molar-refractivity contribution in [1.29, 1.82) is 0 Å². The molecule has 6 heteroatoms. The van der Waals surface area contributed by atoms with Crippen molar-refractivity contribution in [2.75, 3.05) is 13.1 Å². The summed E-state index contributed by atoms with van der Waals surface area (Å²) in [6.45, 7) is 2.66. The number of piperidine rings is 1. The van der Waals surface area contributed by atoms with Crippen LogP contribution in [0.15, 0.2) is 28.7 Å². The van der Waals surface area contributed by atoms with Crippen LogP contribution in [0, 0.1) is 5.92 Å². The monoisotopic (exact) mass is 355 g/mol. The molecule has 0 aromatic heterocycles. The van der Waals surface area contributed by atoms with E-state index >= 15 is 0 Å². The molecule has 0 spiro atoms. The van der Waals surface area contributed by atoms with E-state index in [1.54, 1.807) is 24.0 Å². The minimum Gasteiger partial charge on any atom is -0.481 e. The van der Waals surface area contributed by atoms with E-state index in [-0.39, 0.29) is 11.8 Å². The average Bonchev–Trinajstić information content (AvgIpc) is 2.46. The van der Waals surface area contributed by atoms with Gasteiger partial charge in [0.1, 0.15) is 5.75 Å². The maximum atomic E-state index is 12.3. The second-order valence-electron chi connectivity index (χ2n) is 5.16. The lowest BCUT2D eigenvalue weighted by Crippen LogP contribution is -2.45. The van der Waals surface area contributed by atoms with E-state index in [1.165, 1.54) is 0 Å². The Kier molecular flexibility index (Phi) is 5.22. The molecule has 1 heterocycles. The second-order valence-corrected chi connectivity index (χ2v) is 6.07. The van der Waals surface area contributed by atoms with Crippen molar-refractivity contribution in [3.63, 3.8) is 0 Å². The topological polar surface area (TPSA) is 66.8 Å². The molecule has 1 aromatic carbocycles. The van der Waals surface area contributed by atoms with Gasteiger partial charge in [0, 0.05) is 17.6 Å². The lowest BCUT2D eigenvalue weighted by atomic mass is 9.97. The maximum absolute atomic E-state index is 12.3. The van der Waals surface area contributed by atoms with Crippen LogP contribution >= 0.6 is 15.9 Å². The van der Waals surface area contributed by atoms with Gasteiger partial charge in [0.25, 0.3) is 5.91 Å². The van der Waals surface area contributed by atoms with Crippen molar-refractivity contribution >= 4 is 27.8 Å². The second kappa shape index (κ2) is 6.93. The molecule has 2 rings (SSSR count). The van der Waals surface area contributed by atoms with Crippen molar-refractivity contribution in [2.45, 2.75) is 25.9 Å². The van der Waals surface area contributed by atoms with Crippen LogP contribution in [-0.4, -0.2) is 41.1 Å². The Bertz CT molecular complexity index is 526. The normalized spacial score (nSPS) is 17.3. The quantitative estimate of drug-likeness (QED) is 0.900. The number of halogens is 1. The molecule has 0 radical (unpaired) electrons. The molecule has 5 nitrogen and oxygen atoms in total. The van der Waals surface area contributed by atoms with Crippen LogP contribution < -0.4 is 4.74 Å². The molecule has 0 saturated carbocycles. The number of rotatable bonds is 4. The first-order valence-electron chi connectivity index (χ1n) is 6.91. The summed E-state index contributed by atoms with van der Waals surface area (Å²) in [5, 5.41) is 8.96. The first-order chi connectivity index (χ1) is 9.97. The number of hydrogen-bond donors (Lipinski definition) is 1. The molecule has 21 heavy (non-hydrogen) atoms. The fourth-order valence-corrected chi connectivity index (χ4v) is 2.78. The molecule has 114 valence electrons. The predicted octanol–water partition coefficient (Wildman–Crippen LogP) is 2.54. The number of benzene rings is 1. The highest BCUT2D eigenvalue weighted by Crippen LogP contribution is 2.21. The Hall–Kier alpha value is -1.56. The number of likely N-dealkylation sites (tertiary alicyclic amines) is 1. The molecule has 0 bridgehead atoms. The van der Waals surface area contributed by atoms with Crippen LogP contribution in [0.25, 0.3) is 0 Å². The Morgan fingerprint density at radius 3 is 2.62 bits per heavy atom. The Morgan fingerprint density at radius 1 is 1.38 bits per heavy atom. The van der Waals surface area contributed by atoms with Gasteiger partial charge in [0.15, 0.2) is 6.10 Å². The molecule has 1 aliphatic heterocycles. The van der Waals surface area contributed by atoms with Gasteiger partial charge < -0.3 is 14.7 Å². The fourth-order valence-electron chi connectivity index (χ4n) is 2.40. The number of carbonyl (C=O) groups is 2. The van der Waals surface area contributed by atoms with Gasteiger partial charge in [-0.25, -0.2) is 0 Å². The molecule has 1 fully saturated rings. The third-order valence-electron chi connectivity index (χ3n) is 3.61. The summed E-state index contributed by atoms with van der Waals surface area (Å²) in [4.78, 5) is 24.9. The molecule has 1 N–H and O–H groups in total. The van der Waals surface area contributed by atoms with Gasteiger partial charge in [0.2, 0.25) is 0 Å². The lowest BCUT2D eigenvalue weighted by molar-refractivity contribution is -0.147. The highest BCUT2D eigenvalue weighted by molar-refractivity contribution is 9.10. The van der Waals surface area contributed by atoms with E-state index in [4.69, 9.17) is 9.84 Å². The van der Waals surface area contributed by atoms with Crippen molar-refractivity contribution in [2.24, 2.45) is 5.92 Å². The van der Waals surface area contributed by atoms with Gasteiger partial charge in [-0.2, -0.15) is 0 Å². The molecule has 0 unspecified atom stereocenters. The number of carboxylic acids is 1. The largest absolute Gasteiger partial charge is 0.481 e. The van der Waals surface area contributed by atoms with Crippen LogP contribution in [0.2, 0.25) is 0 Å². The van der Waals surface area contributed by atoms with E-state index in [1.807, 2.05) is 12.1 Å². The number of carbonyl (C=O) groups excluding carboxylic acids is 1. The zero-order valence-electron chi connectivity index (χ0n) is 11.8. The summed E-state index contributed by atoms with van der Waals surface area (Å²) < 4.78 is 6.54. The van der Waals surface area contributed by atoms with Crippen molar-refractivity contribution in [1.82, 2.24) is 4.90 Å². The van der Waals surface area contributed by atoms with Gasteiger partial charge in [-0.3, -0.25) is 9.59 Å². The summed E-state index contributed by atoms with van der Waals surface area (Å²) in [6, 6.07) is 7.33. The number of aliphatic carboxylic acids is 1. The Morgan fingerprint density at radius 2 is 2.05 bits per heavy atom. The van der Waals surface area contributed by atoms with Crippen LogP contribution in [0.4, 0.5) is 0 Å². The van der Waals surface area contributed by atoms with Crippen LogP contribution in [0.1, 0.15) is 19.8 Å². The third kappa shape index (κ3) is 4.20. The van der Waals surface area contributed by atoms with E-state index in [9.17, 15) is 9.59 Å². The number of amides is 1. The zero-order valence-corrected chi connectivity index (χ0v) is 13.4. The molecule has 1 amide bonds. The summed E-state index contributed by atoms with van der Waals surface area (Å²) in [5.41, 5.74) is 0. The molecule has 1 aromatic rings. The van der Waals surface area contributed by atoms with Crippen LogP contribution in [0.5, 0.6) is 5.75 Å². The van der Waals surface area contributed by atoms with Crippen LogP contribution in [-0.2, 0) is 9.59 Å². The Balaban J connectivity index is 1.90. The van der Waals surface area contributed by atoms with E-state index in [0.717, 1.165) is 4.47 Å². The number of carboxylic acid groups (broad SMARTS) is 1. The van der Waals surface area contributed by atoms with Gasteiger partial charge in [-0.05, 0) is 38.0 Å². The highest BCUT2D eigenvalue weighted by atomic mass is 79.9. The smallest absolute Gasteiger partial charge is 0.306 e. The SMILES string of the molecule is C[C@@H](Oc1cccc(Br)c1)C(=O)N1CCC(C(=O)O)CC1. The van der Waals surface area contributed by atoms with Crippen LogP contribution in [0.3, 0.4) is 0 Å². The molecular formula is C15H18BrNO4. The number of hydrogen-bond acceptors (Lipinski definition) is 3. The van der Waals surface area contributed by atoms with Gasteiger partial charge in [-0.15, -0.1) is 0 Å². The Labute approximate surface area is 132 Å².